The van der Waals surface area contributed by atoms with Crippen molar-refractivity contribution in [3.8, 4) is 0 Å². The van der Waals surface area contributed by atoms with Crippen LogP contribution in [-0.4, -0.2) is 18.5 Å². The van der Waals surface area contributed by atoms with E-state index < -0.39 is 0 Å². The van der Waals surface area contributed by atoms with Gasteiger partial charge in [0.15, 0.2) is 0 Å². The summed E-state index contributed by atoms with van der Waals surface area (Å²) in [6.45, 7) is 3.44. The van der Waals surface area contributed by atoms with Gasteiger partial charge in [-0.3, -0.25) is 4.90 Å². The van der Waals surface area contributed by atoms with E-state index in [-0.39, 0.29) is 0 Å². The average Bonchev–Trinajstić information content (AvgIpc) is 2.52. The Morgan fingerprint density at radius 1 is 0.850 bits per heavy atom. The van der Waals surface area contributed by atoms with Gasteiger partial charge in [0.1, 0.15) is 0 Å². The number of hydrogen-bond acceptors (Lipinski definition) is 1. The van der Waals surface area contributed by atoms with E-state index in [9.17, 15) is 0 Å². The van der Waals surface area contributed by atoms with Crippen LogP contribution in [0.4, 0.5) is 0 Å². The van der Waals surface area contributed by atoms with E-state index in [0.29, 0.717) is 6.04 Å². The molecule has 0 aliphatic heterocycles. The summed E-state index contributed by atoms with van der Waals surface area (Å²) in [7, 11) is 2.22. The second-order valence-corrected chi connectivity index (χ2v) is 5.51. The van der Waals surface area contributed by atoms with Crippen LogP contribution in [0.25, 0.3) is 0 Å². The predicted molar refractivity (Wildman–Crippen MR) is 86.9 cm³/mol. The molecule has 0 aliphatic carbocycles. The van der Waals surface area contributed by atoms with Crippen LogP contribution in [0.3, 0.4) is 0 Å². The van der Waals surface area contributed by atoms with Gasteiger partial charge in [-0.2, -0.15) is 0 Å². The quantitative estimate of drug-likeness (QED) is 0.657. The fourth-order valence-corrected chi connectivity index (χ4v) is 2.51. The van der Waals surface area contributed by atoms with Crippen LogP contribution in [0, 0.1) is 0 Å². The van der Waals surface area contributed by atoms with Crippen LogP contribution >= 0.6 is 0 Å². The number of benzene rings is 2. The lowest BCUT2D eigenvalue weighted by Crippen LogP contribution is -2.23. The van der Waals surface area contributed by atoms with Gasteiger partial charge in [-0.15, -0.1) is 0 Å². The van der Waals surface area contributed by atoms with Crippen LogP contribution in [0.1, 0.15) is 36.9 Å². The number of rotatable bonds is 7. The van der Waals surface area contributed by atoms with Crippen LogP contribution in [-0.2, 0) is 6.42 Å². The Labute approximate surface area is 123 Å². The summed E-state index contributed by atoms with van der Waals surface area (Å²) in [5.74, 6) is 0. The van der Waals surface area contributed by atoms with Gasteiger partial charge in [-0.05, 0) is 50.9 Å². The number of aryl methyl sites for hydroxylation is 1. The van der Waals surface area contributed by atoms with Gasteiger partial charge >= 0.3 is 0 Å². The van der Waals surface area contributed by atoms with E-state index >= 15 is 0 Å². The molecule has 2 rings (SSSR count). The third-order valence-corrected chi connectivity index (χ3v) is 4.01. The molecule has 0 saturated carbocycles. The van der Waals surface area contributed by atoms with Crippen LogP contribution in [0.2, 0.25) is 0 Å². The summed E-state index contributed by atoms with van der Waals surface area (Å²) in [5.41, 5.74) is 2.85. The van der Waals surface area contributed by atoms with Crippen molar-refractivity contribution in [2.24, 2.45) is 0 Å². The average molecular weight is 267 g/mol. The predicted octanol–water partition coefficient (Wildman–Crippen LogP) is 4.70. The van der Waals surface area contributed by atoms with Crippen molar-refractivity contribution in [1.29, 1.82) is 0 Å². The minimum absolute atomic E-state index is 0.493. The molecule has 0 spiro atoms. The molecule has 20 heavy (non-hydrogen) atoms. The standard InChI is InChI=1S/C19H25N/c1-17(19-14-7-4-8-15-19)20(2)16-10-9-13-18-11-5-3-6-12-18/h3-8,11-12,14-15,17H,9-10,13,16H2,1-2H3. The van der Waals surface area contributed by atoms with E-state index in [4.69, 9.17) is 0 Å². The Kier molecular flexibility index (Phi) is 5.82. The highest BCUT2D eigenvalue weighted by Gasteiger charge is 2.10. The summed E-state index contributed by atoms with van der Waals surface area (Å²) in [6, 6.07) is 22.0. The minimum Gasteiger partial charge on any atom is -0.300 e. The van der Waals surface area contributed by atoms with Crippen LogP contribution in [0.15, 0.2) is 60.7 Å². The molecule has 1 unspecified atom stereocenters. The van der Waals surface area contributed by atoms with Crippen LogP contribution < -0.4 is 0 Å². The number of unbranched alkanes of at least 4 members (excludes halogenated alkanes) is 1. The molecule has 0 radical (unpaired) electrons. The topological polar surface area (TPSA) is 3.24 Å². The molecular formula is C19H25N. The van der Waals surface area contributed by atoms with Gasteiger partial charge in [-0.1, -0.05) is 60.7 Å². The largest absolute Gasteiger partial charge is 0.300 e. The Morgan fingerprint density at radius 3 is 2.10 bits per heavy atom. The zero-order valence-corrected chi connectivity index (χ0v) is 12.6. The lowest BCUT2D eigenvalue weighted by Gasteiger charge is -2.25. The zero-order chi connectivity index (χ0) is 14.2. The molecule has 0 amide bonds. The second-order valence-electron chi connectivity index (χ2n) is 5.51. The van der Waals surface area contributed by atoms with Gasteiger partial charge in [0.2, 0.25) is 0 Å². The van der Waals surface area contributed by atoms with Gasteiger partial charge in [0.05, 0.1) is 0 Å². The normalized spacial score (nSPS) is 12.6. The lowest BCUT2D eigenvalue weighted by molar-refractivity contribution is 0.256. The molecule has 1 atom stereocenters. The van der Waals surface area contributed by atoms with Crippen molar-refractivity contribution >= 4 is 0 Å². The van der Waals surface area contributed by atoms with Gasteiger partial charge < -0.3 is 0 Å². The Balaban J connectivity index is 1.71. The van der Waals surface area contributed by atoms with Crippen molar-refractivity contribution in [3.05, 3.63) is 71.8 Å². The van der Waals surface area contributed by atoms with Gasteiger partial charge in [-0.25, -0.2) is 0 Å². The molecule has 1 nitrogen and oxygen atoms in total. The molecule has 1 heteroatoms. The van der Waals surface area contributed by atoms with Crippen molar-refractivity contribution in [3.63, 3.8) is 0 Å². The molecule has 0 bridgehead atoms. The lowest BCUT2D eigenvalue weighted by atomic mass is 10.1. The Bertz CT molecular complexity index is 478. The molecule has 0 saturated heterocycles. The third-order valence-electron chi connectivity index (χ3n) is 4.01. The SMILES string of the molecule is CC(c1ccccc1)N(C)CCCCc1ccccc1. The highest BCUT2D eigenvalue weighted by molar-refractivity contribution is 5.18. The minimum atomic E-state index is 0.493. The fourth-order valence-electron chi connectivity index (χ4n) is 2.51. The van der Waals surface area contributed by atoms with Crippen molar-refractivity contribution in [2.45, 2.75) is 32.2 Å². The Morgan fingerprint density at radius 2 is 1.45 bits per heavy atom. The first kappa shape index (κ1) is 14.8. The summed E-state index contributed by atoms with van der Waals surface area (Å²) >= 11 is 0. The van der Waals surface area contributed by atoms with Gasteiger partial charge in [0, 0.05) is 6.04 Å². The molecule has 0 fully saturated rings. The molecule has 2 aromatic rings. The van der Waals surface area contributed by atoms with Crippen LogP contribution in [0.5, 0.6) is 0 Å². The highest BCUT2D eigenvalue weighted by atomic mass is 15.1. The maximum Gasteiger partial charge on any atom is 0.0316 e. The van der Waals surface area contributed by atoms with Crippen molar-refractivity contribution in [1.82, 2.24) is 4.90 Å². The summed E-state index contributed by atoms with van der Waals surface area (Å²) in [5, 5.41) is 0. The smallest absolute Gasteiger partial charge is 0.0316 e. The molecule has 2 aromatic carbocycles. The summed E-state index contributed by atoms with van der Waals surface area (Å²) in [6.07, 6.45) is 3.70. The molecule has 0 aliphatic rings. The zero-order valence-electron chi connectivity index (χ0n) is 12.6. The molecule has 0 aromatic heterocycles. The fraction of sp³-hybridized carbons (Fsp3) is 0.368. The first-order valence-corrected chi connectivity index (χ1v) is 7.56. The number of nitrogens with zero attached hydrogens (tertiary/aromatic N) is 1. The number of hydrogen-bond donors (Lipinski definition) is 0. The Hall–Kier alpha value is -1.60. The van der Waals surface area contributed by atoms with E-state index in [2.05, 4.69) is 79.5 Å². The third kappa shape index (κ3) is 4.50. The maximum atomic E-state index is 2.44. The van der Waals surface area contributed by atoms with E-state index in [1.807, 2.05) is 0 Å². The highest BCUT2D eigenvalue weighted by Crippen LogP contribution is 2.18. The second kappa shape index (κ2) is 7.86. The maximum absolute atomic E-state index is 2.44. The summed E-state index contributed by atoms with van der Waals surface area (Å²) in [4.78, 5) is 2.44. The van der Waals surface area contributed by atoms with Gasteiger partial charge in [0.25, 0.3) is 0 Å². The molecular weight excluding hydrogens is 242 g/mol. The monoisotopic (exact) mass is 267 g/mol. The first-order chi connectivity index (χ1) is 9.77. The van der Waals surface area contributed by atoms with E-state index in [1.54, 1.807) is 0 Å². The molecule has 0 N–H and O–H groups in total. The van der Waals surface area contributed by atoms with Crippen molar-refractivity contribution < 1.29 is 0 Å². The molecule has 0 heterocycles. The van der Waals surface area contributed by atoms with E-state index in [1.165, 1.54) is 30.4 Å². The van der Waals surface area contributed by atoms with E-state index in [0.717, 1.165) is 6.54 Å². The van der Waals surface area contributed by atoms with Crippen molar-refractivity contribution in [2.75, 3.05) is 13.6 Å². The first-order valence-electron chi connectivity index (χ1n) is 7.56. The molecule has 106 valence electrons. The summed E-state index contributed by atoms with van der Waals surface area (Å²) < 4.78 is 0.